The van der Waals surface area contributed by atoms with Gasteiger partial charge in [-0.1, -0.05) is 52.9 Å². The summed E-state index contributed by atoms with van der Waals surface area (Å²) in [6.45, 7) is 7.93. The standard InChI is InChI=1S/C24H23ClN4OS2/c1-14-7-5-6-8-21(14)26-23-27-28-24(32-23)31-17(4)22(30)20-13-15(2)29(16(20)3)19-11-9-18(25)10-12-19/h5-13,17H,1-4H3,(H,26,27). The molecular weight excluding hydrogens is 460 g/mol. The van der Waals surface area contributed by atoms with E-state index in [0.717, 1.165) is 38.2 Å². The van der Waals surface area contributed by atoms with E-state index in [9.17, 15) is 4.79 Å². The van der Waals surface area contributed by atoms with Crippen molar-refractivity contribution in [2.24, 2.45) is 0 Å². The molecule has 0 radical (unpaired) electrons. The van der Waals surface area contributed by atoms with Gasteiger partial charge in [0.25, 0.3) is 0 Å². The van der Waals surface area contributed by atoms with E-state index in [-0.39, 0.29) is 11.0 Å². The average Bonchev–Trinajstić information content (AvgIpc) is 3.33. The molecule has 0 aliphatic heterocycles. The van der Waals surface area contributed by atoms with Gasteiger partial charge in [-0.2, -0.15) is 0 Å². The van der Waals surface area contributed by atoms with Crippen molar-refractivity contribution in [1.29, 1.82) is 0 Å². The lowest BCUT2D eigenvalue weighted by atomic mass is 10.1. The number of carbonyl (C=O) groups is 1. The number of aromatic nitrogens is 3. The number of benzene rings is 2. The molecule has 0 fully saturated rings. The van der Waals surface area contributed by atoms with E-state index in [2.05, 4.69) is 20.1 Å². The zero-order chi connectivity index (χ0) is 22.8. The number of carbonyl (C=O) groups excluding carboxylic acids is 1. The van der Waals surface area contributed by atoms with Gasteiger partial charge in [0, 0.05) is 33.3 Å². The van der Waals surface area contributed by atoms with Crippen molar-refractivity contribution < 1.29 is 4.79 Å². The second-order valence-electron chi connectivity index (χ2n) is 7.53. The number of aryl methyl sites for hydroxylation is 2. The van der Waals surface area contributed by atoms with E-state index in [4.69, 9.17) is 11.6 Å². The maximum absolute atomic E-state index is 13.2. The molecule has 164 valence electrons. The van der Waals surface area contributed by atoms with E-state index < -0.39 is 0 Å². The Labute approximate surface area is 200 Å². The predicted octanol–water partition coefficient (Wildman–Crippen LogP) is 7.01. The predicted molar refractivity (Wildman–Crippen MR) is 134 cm³/mol. The number of Topliss-reactive ketones (excluding diaryl/α,β-unsaturated/α-hetero) is 1. The summed E-state index contributed by atoms with van der Waals surface area (Å²) < 4.78 is 2.84. The first-order chi connectivity index (χ1) is 15.3. The number of ketones is 1. The van der Waals surface area contributed by atoms with Crippen LogP contribution in [0.3, 0.4) is 0 Å². The molecule has 4 aromatic rings. The third-order valence-electron chi connectivity index (χ3n) is 5.22. The number of halogens is 1. The summed E-state index contributed by atoms with van der Waals surface area (Å²) in [5.41, 5.74) is 5.77. The zero-order valence-electron chi connectivity index (χ0n) is 18.2. The smallest absolute Gasteiger partial charge is 0.210 e. The van der Waals surface area contributed by atoms with Crippen LogP contribution in [0.5, 0.6) is 0 Å². The van der Waals surface area contributed by atoms with Gasteiger partial charge in [0.15, 0.2) is 10.1 Å². The Morgan fingerprint density at radius 2 is 1.81 bits per heavy atom. The van der Waals surface area contributed by atoms with Crippen molar-refractivity contribution in [3.63, 3.8) is 0 Å². The molecule has 0 amide bonds. The van der Waals surface area contributed by atoms with Crippen LogP contribution in [0.1, 0.15) is 34.2 Å². The molecule has 32 heavy (non-hydrogen) atoms. The van der Waals surface area contributed by atoms with Gasteiger partial charge in [0.05, 0.1) is 5.25 Å². The van der Waals surface area contributed by atoms with Crippen LogP contribution >= 0.6 is 34.7 Å². The fourth-order valence-electron chi connectivity index (χ4n) is 3.56. The van der Waals surface area contributed by atoms with Crippen LogP contribution < -0.4 is 5.32 Å². The SMILES string of the molecule is Cc1ccccc1Nc1nnc(SC(C)C(=O)c2cc(C)n(-c3ccc(Cl)cc3)c2C)s1. The van der Waals surface area contributed by atoms with Gasteiger partial charge in [-0.3, -0.25) is 4.79 Å². The molecule has 2 aromatic heterocycles. The highest BCUT2D eigenvalue weighted by Crippen LogP contribution is 2.33. The van der Waals surface area contributed by atoms with Crippen molar-refractivity contribution in [1.82, 2.24) is 14.8 Å². The quantitative estimate of drug-likeness (QED) is 0.226. The summed E-state index contributed by atoms with van der Waals surface area (Å²) in [7, 11) is 0. The largest absolute Gasteiger partial charge is 0.330 e. The Kier molecular flexibility index (Phi) is 6.69. The maximum atomic E-state index is 13.2. The average molecular weight is 483 g/mol. The van der Waals surface area contributed by atoms with Crippen LogP contribution in [0, 0.1) is 20.8 Å². The Morgan fingerprint density at radius 1 is 1.09 bits per heavy atom. The highest BCUT2D eigenvalue weighted by Gasteiger charge is 2.23. The molecule has 2 aromatic carbocycles. The molecule has 8 heteroatoms. The van der Waals surface area contributed by atoms with Crippen LogP contribution in [-0.4, -0.2) is 25.8 Å². The highest BCUT2D eigenvalue weighted by atomic mass is 35.5. The molecule has 5 nitrogen and oxygen atoms in total. The molecule has 0 saturated carbocycles. The van der Waals surface area contributed by atoms with Gasteiger partial charge in [-0.05, 0) is 69.7 Å². The molecule has 0 saturated heterocycles. The lowest BCUT2D eigenvalue weighted by molar-refractivity contribution is 0.0993. The maximum Gasteiger partial charge on any atom is 0.210 e. The lowest BCUT2D eigenvalue weighted by Gasteiger charge is -2.11. The fraction of sp³-hybridized carbons (Fsp3) is 0.208. The second kappa shape index (κ2) is 9.48. The van der Waals surface area contributed by atoms with Gasteiger partial charge < -0.3 is 9.88 Å². The summed E-state index contributed by atoms with van der Waals surface area (Å²) in [6.07, 6.45) is 0. The molecule has 1 atom stereocenters. The normalized spacial score (nSPS) is 12.0. The van der Waals surface area contributed by atoms with Gasteiger partial charge in [-0.15, -0.1) is 10.2 Å². The van der Waals surface area contributed by atoms with Crippen LogP contribution in [0.25, 0.3) is 5.69 Å². The van der Waals surface area contributed by atoms with Crippen molar-refractivity contribution in [3.05, 3.63) is 82.1 Å². The summed E-state index contributed by atoms with van der Waals surface area (Å²) in [5, 5.41) is 12.9. The number of nitrogens with zero attached hydrogens (tertiary/aromatic N) is 3. The molecule has 4 rings (SSSR count). The molecular formula is C24H23ClN4OS2. The van der Waals surface area contributed by atoms with E-state index in [1.807, 2.05) is 82.3 Å². The van der Waals surface area contributed by atoms with Gasteiger partial charge in [0.2, 0.25) is 5.13 Å². The minimum Gasteiger partial charge on any atom is -0.330 e. The van der Waals surface area contributed by atoms with Crippen LogP contribution in [0.15, 0.2) is 58.9 Å². The van der Waals surface area contributed by atoms with Crippen molar-refractivity contribution in [2.45, 2.75) is 37.3 Å². The monoisotopic (exact) mass is 482 g/mol. The fourth-order valence-corrected chi connectivity index (χ4v) is 5.66. The molecule has 0 aliphatic rings. The zero-order valence-corrected chi connectivity index (χ0v) is 20.6. The number of anilines is 2. The van der Waals surface area contributed by atoms with Crippen molar-refractivity contribution in [2.75, 3.05) is 5.32 Å². The van der Waals surface area contributed by atoms with E-state index >= 15 is 0 Å². The molecule has 2 heterocycles. The highest BCUT2D eigenvalue weighted by molar-refractivity contribution is 8.02. The van der Waals surface area contributed by atoms with E-state index in [0.29, 0.717) is 10.2 Å². The van der Waals surface area contributed by atoms with E-state index in [1.165, 1.54) is 23.1 Å². The lowest BCUT2D eigenvalue weighted by Crippen LogP contribution is -2.14. The summed E-state index contributed by atoms with van der Waals surface area (Å²) in [5.74, 6) is 0.0759. The van der Waals surface area contributed by atoms with Crippen LogP contribution in [0.4, 0.5) is 10.8 Å². The van der Waals surface area contributed by atoms with Crippen LogP contribution in [0.2, 0.25) is 5.02 Å². The number of thioether (sulfide) groups is 1. The molecule has 1 unspecified atom stereocenters. The summed E-state index contributed by atoms with van der Waals surface area (Å²) in [6, 6.07) is 17.6. The van der Waals surface area contributed by atoms with Crippen molar-refractivity contribution in [3.8, 4) is 5.69 Å². The Balaban J connectivity index is 1.49. The second-order valence-corrected chi connectivity index (χ2v) is 10.5. The summed E-state index contributed by atoms with van der Waals surface area (Å²) in [4.78, 5) is 13.2. The van der Waals surface area contributed by atoms with Crippen LogP contribution in [-0.2, 0) is 0 Å². The minimum absolute atomic E-state index is 0.0759. The third-order valence-corrected chi connectivity index (χ3v) is 7.50. The first-order valence-corrected chi connectivity index (χ1v) is 12.2. The Hall–Kier alpha value is -2.61. The molecule has 0 bridgehead atoms. The Morgan fingerprint density at radius 3 is 2.53 bits per heavy atom. The summed E-state index contributed by atoms with van der Waals surface area (Å²) >= 11 is 8.91. The molecule has 1 N–H and O–H groups in total. The first kappa shape index (κ1) is 22.6. The van der Waals surface area contributed by atoms with Gasteiger partial charge >= 0.3 is 0 Å². The van der Waals surface area contributed by atoms with Gasteiger partial charge in [0.1, 0.15) is 0 Å². The number of hydrogen-bond donors (Lipinski definition) is 1. The number of para-hydroxylation sites is 1. The number of nitrogens with one attached hydrogen (secondary N) is 1. The molecule has 0 spiro atoms. The van der Waals surface area contributed by atoms with Crippen molar-refractivity contribution >= 4 is 51.3 Å². The third kappa shape index (κ3) is 4.75. The van der Waals surface area contributed by atoms with Gasteiger partial charge in [-0.25, -0.2) is 0 Å². The number of hydrogen-bond acceptors (Lipinski definition) is 6. The van der Waals surface area contributed by atoms with E-state index in [1.54, 1.807) is 0 Å². The first-order valence-electron chi connectivity index (χ1n) is 10.2. The topological polar surface area (TPSA) is 59.8 Å². The minimum atomic E-state index is -0.284. The number of rotatable bonds is 7. The Bertz CT molecular complexity index is 1260. The molecule has 0 aliphatic carbocycles.